The minimum Gasteiger partial charge on any atom is -0.490 e. The monoisotopic (exact) mass is 393 g/mol. The molecule has 0 aliphatic carbocycles. The Labute approximate surface area is 157 Å². The lowest BCUT2D eigenvalue weighted by Gasteiger charge is -2.12. The standard InChI is InChI=1S/C18H19NO7S/c1-3-24-15-9-4-5-10-16(15)26-27(22,23)14-8-6-7-13(11-14)18(21)25-12-17(20)19-2/h4-11H,3,12H2,1-2H3,(H,19,20). The summed E-state index contributed by atoms with van der Waals surface area (Å²) >= 11 is 0. The van der Waals surface area contributed by atoms with E-state index in [0.717, 1.165) is 6.07 Å². The topological polar surface area (TPSA) is 108 Å². The normalized spacial score (nSPS) is 10.7. The third kappa shape index (κ3) is 5.45. The summed E-state index contributed by atoms with van der Waals surface area (Å²) in [6.45, 7) is 1.64. The van der Waals surface area contributed by atoms with Gasteiger partial charge in [-0.1, -0.05) is 18.2 Å². The van der Waals surface area contributed by atoms with E-state index in [1.54, 1.807) is 25.1 Å². The highest BCUT2D eigenvalue weighted by molar-refractivity contribution is 7.87. The number of hydrogen-bond donors (Lipinski definition) is 1. The second-order valence-electron chi connectivity index (χ2n) is 5.19. The van der Waals surface area contributed by atoms with Crippen LogP contribution in [0.25, 0.3) is 0 Å². The van der Waals surface area contributed by atoms with Crippen LogP contribution < -0.4 is 14.2 Å². The van der Waals surface area contributed by atoms with E-state index in [4.69, 9.17) is 13.7 Å². The number of hydrogen-bond acceptors (Lipinski definition) is 7. The summed E-state index contributed by atoms with van der Waals surface area (Å²) in [5.74, 6) is -0.995. The number of likely N-dealkylation sites (N-methyl/N-ethyl adjacent to an activating group) is 1. The molecule has 144 valence electrons. The molecule has 0 unspecified atom stereocenters. The number of ether oxygens (including phenoxy) is 2. The van der Waals surface area contributed by atoms with Crippen LogP contribution in [-0.2, 0) is 19.6 Å². The van der Waals surface area contributed by atoms with E-state index < -0.39 is 28.6 Å². The average molecular weight is 393 g/mol. The van der Waals surface area contributed by atoms with Crippen LogP contribution in [0.2, 0.25) is 0 Å². The van der Waals surface area contributed by atoms with Gasteiger partial charge in [-0.05, 0) is 37.3 Å². The van der Waals surface area contributed by atoms with Crippen molar-refractivity contribution in [1.29, 1.82) is 0 Å². The lowest BCUT2D eigenvalue weighted by Crippen LogP contribution is -2.25. The van der Waals surface area contributed by atoms with Gasteiger partial charge in [0, 0.05) is 7.05 Å². The van der Waals surface area contributed by atoms with Crippen molar-refractivity contribution in [3.8, 4) is 11.5 Å². The summed E-state index contributed by atoms with van der Waals surface area (Å²) < 4.78 is 40.4. The Morgan fingerprint density at radius 1 is 1.04 bits per heavy atom. The van der Waals surface area contributed by atoms with Gasteiger partial charge >= 0.3 is 16.1 Å². The Balaban J connectivity index is 2.22. The lowest BCUT2D eigenvalue weighted by molar-refractivity contribution is -0.123. The first-order valence-corrected chi connectivity index (χ1v) is 9.42. The van der Waals surface area contributed by atoms with E-state index in [-0.39, 0.29) is 22.0 Å². The number of benzene rings is 2. The molecule has 2 aromatic rings. The molecule has 0 fully saturated rings. The largest absolute Gasteiger partial charge is 0.490 e. The van der Waals surface area contributed by atoms with Gasteiger partial charge in [0.05, 0.1) is 12.2 Å². The zero-order valence-corrected chi connectivity index (χ0v) is 15.6. The van der Waals surface area contributed by atoms with Crippen molar-refractivity contribution in [2.24, 2.45) is 0 Å². The van der Waals surface area contributed by atoms with Crippen molar-refractivity contribution in [1.82, 2.24) is 5.32 Å². The Morgan fingerprint density at radius 3 is 2.41 bits per heavy atom. The summed E-state index contributed by atoms with van der Waals surface area (Å²) in [4.78, 5) is 22.9. The minimum absolute atomic E-state index is 0.0262. The van der Waals surface area contributed by atoms with Crippen molar-refractivity contribution in [2.75, 3.05) is 20.3 Å². The first-order chi connectivity index (χ1) is 12.9. The maximum Gasteiger partial charge on any atom is 0.339 e. The van der Waals surface area contributed by atoms with Crippen LogP contribution in [0, 0.1) is 0 Å². The van der Waals surface area contributed by atoms with Gasteiger partial charge in [-0.3, -0.25) is 4.79 Å². The molecule has 0 atom stereocenters. The summed E-state index contributed by atoms with van der Waals surface area (Å²) in [5.41, 5.74) is -0.0262. The fourth-order valence-corrected chi connectivity index (χ4v) is 3.01. The summed E-state index contributed by atoms with van der Waals surface area (Å²) in [5, 5.41) is 2.31. The molecule has 0 aliphatic heterocycles. The molecule has 0 saturated carbocycles. The Hall–Kier alpha value is -3.07. The number of nitrogens with one attached hydrogen (secondary N) is 1. The molecule has 9 heteroatoms. The van der Waals surface area contributed by atoms with Gasteiger partial charge in [0.25, 0.3) is 5.91 Å². The zero-order valence-electron chi connectivity index (χ0n) is 14.8. The third-order valence-electron chi connectivity index (χ3n) is 3.32. The number of rotatable bonds is 8. The van der Waals surface area contributed by atoms with Gasteiger partial charge in [0.15, 0.2) is 18.1 Å². The molecule has 2 rings (SSSR count). The van der Waals surface area contributed by atoms with E-state index in [2.05, 4.69) is 5.32 Å². The quantitative estimate of drug-likeness (QED) is 0.538. The maximum absolute atomic E-state index is 12.6. The molecule has 1 N–H and O–H groups in total. The van der Waals surface area contributed by atoms with E-state index >= 15 is 0 Å². The van der Waals surface area contributed by atoms with Crippen LogP contribution in [0.5, 0.6) is 11.5 Å². The zero-order chi connectivity index (χ0) is 19.9. The van der Waals surface area contributed by atoms with Crippen molar-refractivity contribution in [2.45, 2.75) is 11.8 Å². The predicted octanol–water partition coefficient (Wildman–Crippen LogP) is 1.76. The molecule has 1 amide bonds. The number of esters is 1. The second-order valence-corrected chi connectivity index (χ2v) is 6.74. The van der Waals surface area contributed by atoms with Crippen molar-refractivity contribution >= 4 is 22.0 Å². The highest BCUT2D eigenvalue weighted by Crippen LogP contribution is 2.29. The molecule has 27 heavy (non-hydrogen) atoms. The van der Waals surface area contributed by atoms with Crippen LogP contribution in [0.3, 0.4) is 0 Å². The first kappa shape index (κ1) is 20.2. The summed E-state index contributed by atoms with van der Waals surface area (Å²) in [6, 6.07) is 11.5. The SMILES string of the molecule is CCOc1ccccc1OS(=O)(=O)c1cccc(C(=O)OCC(=O)NC)c1. The molecule has 8 nitrogen and oxygen atoms in total. The van der Waals surface area contributed by atoms with E-state index in [1.165, 1.54) is 31.3 Å². The van der Waals surface area contributed by atoms with Gasteiger partial charge in [0.2, 0.25) is 0 Å². The van der Waals surface area contributed by atoms with Crippen molar-refractivity contribution in [3.63, 3.8) is 0 Å². The van der Waals surface area contributed by atoms with Crippen LogP contribution in [0.4, 0.5) is 0 Å². The fourth-order valence-electron chi connectivity index (χ4n) is 2.03. The van der Waals surface area contributed by atoms with Gasteiger partial charge in [-0.15, -0.1) is 0 Å². The Morgan fingerprint density at radius 2 is 1.74 bits per heavy atom. The van der Waals surface area contributed by atoms with Crippen molar-refractivity contribution < 1.29 is 31.7 Å². The molecule has 2 aromatic carbocycles. The number of carbonyl (C=O) groups is 2. The minimum atomic E-state index is -4.21. The third-order valence-corrected chi connectivity index (χ3v) is 4.55. The van der Waals surface area contributed by atoms with Crippen LogP contribution in [0.1, 0.15) is 17.3 Å². The van der Waals surface area contributed by atoms with E-state index in [9.17, 15) is 18.0 Å². The van der Waals surface area contributed by atoms with E-state index in [0.29, 0.717) is 6.61 Å². The van der Waals surface area contributed by atoms with Gasteiger partial charge < -0.3 is 19.0 Å². The summed E-state index contributed by atoms with van der Waals surface area (Å²) in [6.07, 6.45) is 0. The molecule has 0 aliphatic rings. The van der Waals surface area contributed by atoms with E-state index in [1.807, 2.05) is 0 Å². The molecule has 0 saturated heterocycles. The highest BCUT2D eigenvalue weighted by Gasteiger charge is 2.21. The predicted molar refractivity (Wildman–Crippen MR) is 96.2 cm³/mol. The van der Waals surface area contributed by atoms with Gasteiger partial charge in [-0.25, -0.2) is 4.79 Å². The molecule has 0 bridgehead atoms. The van der Waals surface area contributed by atoms with Crippen molar-refractivity contribution in [3.05, 3.63) is 54.1 Å². The lowest BCUT2D eigenvalue weighted by atomic mass is 10.2. The first-order valence-electron chi connectivity index (χ1n) is 8.01. The van der Waals surface area contributed by atoms with Crippen LogP contribution in [-0.4, -0.2) is 40.6 Å². The summed E-state index contributed by atoms with van der Waals surface area (Å²) in [7, 11) is -2.81. The van der Waals surface area contributed by atoms with Gasteiger partial charge in [0.1, 0.15) is 4.90 Å². The molecular formula is C18H19NO7S. The average Bonchev–Trinajstić information content (AvgIpc) is 2.67. The number of carbonyl (C=O) groups excluding carboxylic acids is 2. The van der Waals surface area contributed by atoms with Crippen LogP contribution >= 0.6 is 0 Å². The Bertz CT molecular complexity index is 925. The second kappa shape index (κ2) is 9.04. The molecule has 0 spiro atoms. The van der Waals surface area contributed by atoms with Gasteiger partial charge in [-0.2, -0.15) is 8.42 Å². The number of amides is 1. The fraction of sp³-hybridized carbons (Fsp3) is 0.222. The number of para-hydroxylation sites is 2. The molecule has 0 heterocycles. The smallest absolute Gasteiger partial charge is 0.339 e. The highest BCUT2D eigenvalue weighted by atomic mass is 32.2. The molecule has 0 aromatic heterocycles. The maximum atomic E-state index is 12.6. The Kier molecular flexibility index (Phi) is 6.78. The van der Waals surface area contributed by atoms with Crippen LogP contribution in [0.15, 0.2) is 53.4 Å². The molecular weight excluding hydrogens is 374 g/mol. The molecule has 0 radical (unpaired) electrons.